The van der Waals surface area contributed by atoms with Gasteiger partial charge in [0.25, 0.3) is 0 Å². The molecule has 0 spiro atoms. The molecule has 0 amide bonds. The third kappa shape index (κ3) is 3.26. The van der Waals surface area contributed by atoms with Crippen molar-refractivity contribution in [2.24, 2.45) is 0 Å². The van der Waals surface area contributed by atoms with Gasteiger partial charge in [-0.05, 0) is 30.7 Å². The summed E-state index contributed by atoms with van der Waals surface area (Å²) in [4.78, 5) is 11.2. The van der Waals surface area contributed by atoms with Crippen LogP contribution in [0.4, 0.5) is 0 Å². The predicted octanol–water partition coefficient (Wildman–Crippen LogP) is 2.42. The lowest BCUT2D eigenvalue weighted by Gasteiger charge is -2.07. The van der Waals surface area contributed by atoms with Crippen molar-refractivity contribution < 1.29 is 19.0 Å². The molecule has 0 unspecified atom stereocenters. The summed E-state index contributed by atoms with van der Waals surface area (Å²) in [6.45, 7) is 3.48. The molecule has 96 valence electrons. The molecule has 0 bridgehead atoms. The molecule has 0 N–H and O–H groups in total. The quantitative estimate of drug-likeness (QED) is 0.608. The Morgan fingerprint density at radius 3 is 2.89 bits per heavy atom. The summed E-state index contributed by atoms with van der Waals surface area (Å²) in [6.07, 6.45) is 3.98. The van der Waals surface area contributed by atoms with Crippen molar-refractivity contribution in [2.45, 2.75) is 13.3 Å². The lowest BCUT2D eigenvalue weighted by molar-refractivity contribution is -0.137. The van der Waals surface area contributed by atoms with Gasteiger partial charge in [0.1, 0.15) is 0 Å². The second kappa shape index (κ2) is 6.10. The zero-order valence-electron chi connectivity index (χ0n) is 10.3. The van der Waals surface area contributed by atoms with E-state index in [4.69, 9.17) is 14.2 Å². The van der Waals surface area contributed by atoms with Crippen LogP contribution < -0.4 is 9.47 Å². The summed E-state index contributed by atoms with van der Waals surface area (Å²) in [5.41, 5.74) is 0.882. The number of hydrogen-bond donors (Lipinski definition) is 0. The molecule has 0 saturated carbocycles. The molecule has 0 saturated heterocycles. The van der Waals surface area contributed by atoms with E-state index in [0.717, 1.165) is 23.5 Å². The minimum absolute atomic E-state index is 0.343. The molecule has 0 aromatic heterocycles. The van der Waals surface area contributed by atoms with Crippen molar-refractivity contribution in [3.63, 3.8) is 0 Å². The average molecular weight is 248 g/mol. The van der Waals surface area contributed by atoms with Gasteiger partial charge in [-0.2, -0.15) is 0 Å². The Labute approximate surface area is 106 Å². The fraction of sp³-hybridized carbons (Fsp3) is 0.357. The van der Waals surface area contributed by atoms with E-state index in [1.165, 1.54) is 6.08 Å². The number of rotatable bonds is 3. The fourth-order valence-corrected chi connectivity index (χ4v) is 1.64. The summed E-state index contributed by atoms with van der Waals surface area (Å²) >= 11 is 0. The van der Waals surface area contributed by atoms with Crippen molar-refractivity contribution in [3.05, 3.63) is 29.8 Å². The molecular formula is C14H16O4. The Kier molecular flexibility index (Phi) is 4.23. The minimum atomic E-state index is -0.343. The predicted molar refractivity (Wildman–Crippen MR) is 67.7 cm³/mol. The molecule has 0 atom stereocenters. The molecule has 1 aromatic carbocycles. The molecule has 1 heterocycles. The Morgan fingerprint density at radius 2 is 2.11 bits per heavy atom. The molecule has 1 aromatic rings. The van der Waals surface area contributed by atoms with E-state index in [1.54, 1.807) is 13.0 Å². The maximum atomic E-state index is 11.2. The summed E-state index contributed by atoms with van der Waals surface area (Å²) in [5.74, 6) is 1.13. The smallest absolute Gasteiger partial charge is 0.330 e. The van der Waals surface area contributed by atoms with Crippen LogP contribution in [-0.2, 0) is 9.53 Å². The van der Waals surface area contributed by atoms with E-state index in [-0.39, 0.29) is 5.97 Å². The van der Waals surface area contributed by atoms with Gasteiger partial charge in [-0.15, -0.1) is 0 Å². The number of benzene rings is 1. The Balaban J connectivity index is 2.10. The molecule has 0 radical (unpaired) electrons. The van der Waals surface area contributed by atoms with Gasteiger partial charge in [0, 0.05) is 12.5 Å². The van der Waals surface area contributed by atoms with Crippen LogP contribution in [-0.4, -0.2) is 25.8 Å². The van der Waals surface area contributed by atoms with Crippen molar-refractivity contribution in [3.8, 4) is 11.5 Å². The highest BCUT2D eigenvalue weighted by molar-refractivity contribution is 5.87. The molecule has 0 fully saturated rings. The minimum Gasteiger partial charge on any atom is -0.490 e. The first-order chi connectivity index (χ1) is 8.79. The molecule has 4 heteroatoms. The Bertz CT molecular complexity index is 451. The van der Waals surface area contributed by atoms with Crippen molar-refractivity contribution >= 4 is 12.0 Å². The van der Waals surface area contributed by atoms with Crippen molar-refractivity contribution in [2.75, 3.05) is 19.8 Å². The Morgan fingerprint density at radius 1 is 1.33 bits per heavy atom. The average Bonchev–Trinajstić information content (AvgIpc) is 2.61. The first kappa shape index (κ1) is 12.5. The van der Waals surface area contributed by atoms with Crippen LogP contribution >= 0.6 is 0 Å². The molecule has 18 heavy (non-hydrogen) atoms. The summed E-state index contributed by atoms with van der Waals surface area (Å²) in [7, 11) is 0. The zero-order chi connectivity index (χ0) is 12.8. The van der Waals surface area contributed by atoms with Crippen LogP contribution in [0, 0.1) is 0 Å². The van der Waals surface area contributed by atoms with Gasteiger partial charge in [-0.1, -0.05) is 6.07 Å². The summed E-state index contributed by atoms with van der Waals surface area (Å²) < 4.78 is 15.9. The van der Waals surface area contributed by atoms with Gasteiger partial charge < -0.3 is 14.2 Å². The van der Waals surface area contributed by atoms with E-state index < -0.39 is 0 Å². The third-order valence-electron chi connectivity index (χ3n) is 2.47. The topological polar surface area (TPSA) is 44.8 Å². The highest BCUT2D eigenvalue weighted by atomic mass is 16.5. The zero-order valence-corrected chi connectivity index (χ0v) is 10.3. The normalized spacial score (nSPS) is 14.3. The molecule has 0 aliphatic carbocycles. The van der Waals surface area contributed by atoms with Gasteiger partial charge in [0.15, 0.2) is 11.5 Å². The van der Waals surface area contributed by atoms with Crippen LogP contribution in [0.25, 0.3) is 6.08 Å². The van der Waals surface area contributed by atoms with Crippen molar-refractivity contribution in [1.82, 2.24) is 0 Å². The lowest BCUT2D eigenvalue weighted by atomic mass is 10.2. The van der Waals surface area contributed by atoms with Gasteiger partial charge >= 0.3 is 5.97 Å². The monoisotopic (exact) mass is 248 g/mol. The first-order valence-electron chi connectivity index (χ1n) is 6.04. The summed E-state index contributed by atoms with van der Waals surface area (Å²) in [6, 6.07) is 5.59. The standard InChI is InChI=1S/C14H16O4/c1-2-16-14(15)7-5-11-4-6-12-13(10-11)18-9-3-8-17-12/h4-7,10H,2-3,8-9H2,1H3. The van der Waals surface area contributed by atoms with E-state index in [9.17, 15) is 4.79 Å². The Hall–Kier alpha value is -1.97. The second-order valence-electron chi connectivity index (χ2n) is 3.84. The van der Waals surface area contributed by atoms with Gasteiger partial charge in [-0.3, -0.25) is 0 Å². The van der Waals surface area contributed by atoms with E-state index in [0.29, 0.717) is 19.8 Å². The number of ether oxygens (including phenoxy) is 3. The lowest BCUT2D eigenvalue weighted by Crippen LogP contribution is -1.98. The fourth-order valence-electron chi connectivity index (χ4n) is 1.64. The molecule has 1 aliphatic heterocycles. The molecular weight excluding hydrogens is 232 g/mol. The van der Waals surface area contributed by atoms with Crippen LogP contribution in [0.1, 0.15) is 18.9 Å². The van der Waals surface area contributed by atoms with E-state index in [2.05, 4.69) is 0 Å². The van der Waals surface area contributed by atoms with Crippen LogP contribution in [0.5, 0.6) is 11.5 Å². The number of esters is 1. The third-order valence-corrected chi connectivity index (χ3v) is 2.47. The van der Waals surface area contributed by atoms with Gasteiger partial charge in [0.2, 0.25) is 0 Å². The number of carbonyl (C=O) groups is 1. The maximum Gasteiger partial charge on any atom is 0.330 e. The van der Waals surface area contributed by atoms with Gasteiger partial charge in [-0.25, -0.2) is 4.79 Å². The van der Waals surface area contributed by atoms with E-state index in [1.807, 2.05) is 18.2 Å². The molecule has 1 aliphatic rings. The van der Waals surface area contributed by atoms with Crippen LogP contribution in [0.15, 0.2) is 24.3 Å². The highest BCUT2D eigenvalue weighted by Gasteiger charge is 2.09. The van der Waals surface area contributed by atoms with Gasteiger partial charge in [0.05, 0.1) is 19.8 Å². The number of carbonyl (C=O) groups excluding carboxylic acids is 1. The second-order valence-corrected chi connectivity index (χ2v) is 3.84. The molecule has 2 rings (SSSR count). The van der Waals surface area contributed by atoms with E-state index >= 15 is 0 Å². The number of hydrogen-bond acceptors (Lipinski definition) is 4. The maximum absolute atomic E-state index is 11.2. The largest absolute Gasteiger partial charge is 0.490 e. The first-order valence-corrected chi connectivity index (χ1v) is 6.04. The SMILES string of the molecule is CCOC(=O)C=Cc1ccc2c(c1)OCCCO2. The molecule has 4 nitrogen and oxygen atoms in total. The highest BCUT2D eigenvalue weighted by Crippen LogP contribution is 2.30. The van der Waals surface area contributed by atoms with Crippen LogP contribution in [0.2, 0.25) is 0 Å². The van der Waals surface area contributed by atoms with Crippen LogP contribution in [0.3, 0.4) is 0 Å². The summed E-state index contributed by atoms with van der Waals surface area (Å²) in [5, 5.41) is 0. The number of fused-ring (bicyclic) bond motifs is 1. The van der Waals surface area contributed by atoms with Crippen molar-refractivity contribution in [1.29, 1.82) is 0 Å².